The van der Waals surface area contributed by atoms with Gasteiger partial charge in [-0.15, -0.1) is 0 Å². The first-order chi connectivity index (χ1) is 9.56. The van der Waals surface area contributed by atoms with Gasteiger partial charge < -0.3 is 10.2 Å². The van der Waals surface area contributed by atoms with Crippen molar-refractivity contribution < 1.29 is 9.59 Å². The first-order valence-corrected chi connectivity index (χ1v) is 7.38. The van der Waals surface area contributed by atoms with Gasteiger partial charge in [0.15, 0.2) is 0 Å². The van der Waals surface area contributed by atoms with Crippen molar-refractivity contribution in [2.45, 2.75) is 25.3 Å². The summed E-state index contributed by atoms with van der Waals surface area (Å²) in [5.74, 6) is -0.945. The minimum atomic E-state index is -0.595. The number of nitrogens with one attached hydrogen (secondary N) is 1. The van der Waals surface area contributed by atoms with Crippen molar-refractivity contribution in [3.63, 3.8) is 0 Å². The summed E-state index contributed by atoms with van der Waals surface area (Å²) >= 11 is 12.0. The molecular weight excluding hydrogens is 299 g/mol. The first-order valence-electron chi connectivity index (χ1n) is 6.63. The molecule has 1 unspecified atom stereocenters. The van der Waals surface area contributed by atoms with Crippen molar-refractivity contribution in [2.75, 3.05) is 11.4 Å². The molecule has 0 aromatic heterocycles. The first kappa shape index (κ1) is 13.7. The van der Waals surface area contributed by atoms with Crippen LogP contribution in [0.3, 0.4) is 0 Å². The van der Waals surface area contributed by atoms with Crippen molar-refractivity contribution in [1.29, 1.82) is 0 Å². The van der Waals surface area contributed by atoms with E-state index in [1.54, 1.807) is 23.1 Å². The Labute approximate surface area is 127 Å². The lowest BCUT2D eigenvalue weighted by molar-refractivity contribution is -0.132. The summed E-state index contributed by atoms with van der Waals surface area (Å²) in [6.07, 6.45) is 2.55. The summed E-state index contributed by atoms with van der Waals surface area (Å²) in [7, 11) is 0. The predicted molar refractivity (Wildman–Crippen MR) is 78.1 cm³/mol. The maximum Gasteiger partial charge on any atom is 0.239 e. The molecule has 1 N–H and O–H groups in total. The third kappa shape index (κ3) is 2.63. The Kier molecular flexibility index (Phi) is 3.61. The molecule has 1 aromatic rings. The second-order valence-corrected chi connectivity index (χ2v) is 6.05. The number of rotatable bonds is 3. The van der Waals surface area contributed by atoms with Crippen LogP contribution in [0.15, 0.2) is 18.2 Å². The van der Waals surface area contributed by atoms with Crippen molar-refractivity contribution in [3.8, 4) is 0 Å². The van der Waals surface area contributed by atoms with Crippen LogP contribution in [0.4, 0.5) is 5.69 Å². The van der Waals surface area contributed by atoms with Gasteiger partial charge in [-0.1, -0.05) is 23.2 Å². The summed E-state index contributed by atoms with van der Waals surface area (Å²) in [6, 6.07) is 5.27. The Hall–Kier alpha value is -1.26. The molecular formula is C14H14Cl2N2O2. The average Bonchev–Trinajstić information content (AvgIpc) is 3.12. The van der Waals surface area contributed by atoms with E-state index in [9.17, 15) is 9.59 Å². The molecule has 1 heterocycles. The maximum atomic E-state index is 12.4. The largest absolute Gasteiger partial charge is 0.353 e. The highest BCUT2D eigenvalue weighted by Crippen LogP contribution is 2.33. The zero-order valence-corrected chi connectivity index (χ0v) is 12.2. The van der Waals surface area contributed by atoms with Crippen LogP contribution in [0.2, 0.25) is 10.0 Å². The smallest absolute Gasteiger partial charge is 0.239 e. The van der Waals surface area contributed by atoms with E-state index in [4.69, 9.17) is 23.2 Å². The van der Waals surface area contributed by atoms with Crippen molar-refractivity contribution >= 4 is 40.7 Å². The highest BCUT2D eigenvalue weighted by atomic mass is 35.5. The van der Waals surface area contributed by atoms with Gasteiger partial charge in [0.25, 0.3) is 0 Å². The Bertz CT molecular complexity index is 572. The fraction of sp³-hybridized carbons (Fsp3) is 0.429. The van der Waals surface area contributed by atoms with Crippen molar-refractivity contribution in [1.82, 2.24) is 5.32 Å². The second kappa shape index (κ2) is 5.26. The van der Waals surface area contributed by atoms with Gasteiger partial charge in [-0.3, -0.25) is 9.59 Å². The molecule has 2 aliphatic rings. The minimum absolute atomic E-state index is 0.162. The molecule has 106 valence electrons. The third-order valence-electron chi connectivity index (χ3n) is 3.65. The van der Waals surface area contributed by atoms with E-state index in [1.807, 2.05) is 0 Å². The molecule has 0 spiro atoms. The molecule has 20 heavy (non-hydrogen) atoms. The molecule has 6 heteroatoms. The molecule has 1 aromatic carbocycles. The topological polar surface area (TPSA) is 49.4 Å². The van der Waals surface area contributed by atoms with E-state index < -0.39 is 5.92 Å². The fourth-order valence-corrected chi connectivity index (χ4v) is 2.90. The van der Waals surface area contributed by atoms with Crippen molar-refractivity contribution in [2.24, 2.45) is 5.92 Å². The van der Waals surface area contributed by atoms with Crippen LogP contribution in [-0.2, 0) is 9.59 Å². The fourth-order valence-electron chi connectivity index (χ4n) is 2.39. The van der Waals surface area contributed by atoms with Crippen LogP contribution in [0, 0.1) is 5.92 Å². The van der Waals surface area contributed by atoms with Gasteiger partial charge >= 0.3 is 0 Å². The quantitative estimate of drug-likeness (QED) is 0.872. The number of halogens is 2. The molecule has 1 atom stereocenters. The van der Waals surface area contributed by atoms with Gasteiger partial charge in [0.1, 0.15) is 5.92 Å². The zero-order chi connectivity index (χ0) is 14.3. The molecule has 2 fully saturated rings. The lowest BCUT2D eigenvalue weighted by atomic mass is 10.1. The highest BCUT2D eigenvalue weighted by Gasteiger charge is 2.39. The lowest BCUT2D eigenvalue weighted by Gasteiger charge is -2.18. The Morgan fingerprint density at radius 3 is 2.65 bits per heavy atom. The van der Waals surface area contributed by atoms with E-state index in [-0.39, 0.29) is 17.9 Å². The number of carbonyl (C=O) groups excluding carboxylic acids is 2. The van der Waals surface area contributed by atoms with Gasteiger partial charge in [-0.25, -0.2) is 0 Å². The lowest BCUT2D eigenvalue weighted by Crippen LogP contribution is -2.37. The summed E-state index contributed by atoms with van der Waals surface area (Å²) in [5.41, 5.74) is 0.614. The Balaban J connectivity index is 1.75. The van der Waals surface area contributed by atoms with Crippen LogP contribution in [0.1, 0.15) is 19.3 Å². The average molecular weight is 313 g/mol. The van der Waals surface area contributed by atoms with Gasteiger partial charge in [0.05, 0.1) is 10.7 Å². The van der Waals surface area contributed by atoms with Crippen molar-refractivity contribution in [3.05, 3.63) is 28.2 Å². The third-order valence-corrected chi connectivity index (χ3v) is 4.18. The van der Waals surface area contributed by atoms with Crippen LogP contribution in [-0.4, -0.2) is 24.4 Å². The van der Waals surface area contributed by atoms with E-state index in [2.05, 4.69) is 5.32 Å². The summed E-state index contributed by atoms with van der Waals surface area (Å²) < 4.78 is 0. The monoisotopic (exact) mass is 312 g/mol. The van der Waals surface area contributed by atoms with Crippen LogP contribution < -0.4 is 10.2 Å². The minimum Gasteiger partial charge on any atom is -0.353 e. The summed E-state index contributed by atoms with van der Waals surface area (Å²) in [6.45, 7) is 0.503. The number of hydrogen-bond acceptors (Lipinski definition) is 2. The van der Waals surface area contributed by atoms with Gasteiger partial charge in [0.2, 0.25) is 11.8 Å². The number of hydrogen-bond donors (Lipinski definition) is 1. The van der Waals surface area contributed by atoms with E-state index in [1.165, 1.54) is 0 Å². The van der Waals surface area contributed by atoms with Crippen LogP contribution in [0.25, 0.3) is 0 Å². The zero-order valence-electron chi connectivity index (χ0n) is 10.7. The summed E-state index contributed by atoms with van der Waals surface area (Å²) in [4.78, 5) is 25.9. The van der Waals surface area contributed by atoms with Gasteiger partial charge in [0, 0.05) is 17.6 Å². The molecule has 2 amide bonds. The van der Waals surface area contributed by atoms with E-state index in [0.717, 1.165) is 12.8 Å². The highest BCUT2D eigenvalue weighted by molar-refractivity contribution is 6.37. The predicted octanol–water partition coefficient (Wildman–Crippen LogP) is 2.62. The van der Waals surface area contributed by atoms with Gasteiger partial charge in [-0.2, -0.15) is 0 Å². The van der Waals surface area contributed by atoms with Crippen LogP contribution in [0.5, 0.6) is 0 Å². The van der Waals surface area contributed by atoms with E-state index >= 15 is 0 Å². The number of carbonyl (C=O) groups is 2. The van der Waals surface area contributed by atoms with Gasteiger partial charge in [-0.05, 0) is 37.5 Å². The SMILES string of the molecule is O=C(NC1CC1)C1CCN(c2ccc(Cl)cc2Cl)C1=O. The van der Waals surface area contributed by atoms with Crippen LogP contribution >= 0.6 is 23.2 Å². The number of benzene rings is 1. The number of amides is 2. The Morgan fingerprint density at radius 1 is 1.25 bits per heavy atom. The number of nitrogens with zero attached hydrogens (tertiary/aromatic N) is 1. The normalized spacial score (nSPS) is 22.2. The maximum absolute atomic E-state index is 12.4. The second-order valence-electron chi connectivity index (χ2n) is 5.21. The molecule has 4 nitrogen and oxygen atoms in total. The molecule has 3 rings (SSSR count). The number of anilines is 1. The molecule has 1 aliphatic carbocycles. The standard InChI is InChI=1S/C14H14Cl2N2O2/c15-8-1-4-12(11(16)7-8)18-6-5-10(14(18)20)13(19)17-9-2-3-9/h1,4,7,9-10H,2-3,5-6H2,(H,17,19). The molecule has 0 radical (unpaired) electrons. The molecule has 1 saturated heterocycles. The molecule has 0 bridgehead atoms. The summed E-state index contributed by atoms with van der Waals surface area (Å²) in [5, 5.41) is 3.83. The Morgan fingerprint density at radius 2 is 2.00 bits per heavy atom. The molecule has 1 aliphatic heterocycles. The molecule has 1 saturated carbocycles. The van der Waals surface area contributed by atoms with E-state index in [0.29, 0.717) is 28.7 Å².